The van der Waals surface area contributed by atoms with E-state index in [1.54, 1.807) is 6.21 Å². The second kappa shape index (κ2) is 2.58. The molecule has 0 fully saturated rings. The minimum absolute atomic E-state index is 0.803. The number of benzene rings is 1. The Morgan fingerprint density at radius 3 is 3.09 bits per heavy atom. The van der Waals surface area contributed by atoms with E-state index in [1.807, 2.05) is 36.4 Å². The Morgan fingerprint density at radius 2 is 2.09 bits per heavy atom. The summed E-state index contributed by atoms with van der Waals surface area (Å²) in [5.41, 5.74) is 1.06. The van der Waals surface area contributed by atoms with Gasteiger partial charge in [0.15, 0.2) is 0 Å². The van der Waals surface area contributed by atoms with Gasteiger partial charge in [-0.15, -0.1) is 0 Å². The highest BCUT2D eigenvalue weighted by molar-refractivity contribution is 5.79. The van der Waals surface area contributed by atoms with Crippen molar-refractivity contribution in [1.29, 1.82) is 0 Å². The van der Waals surface area contributed by atoms with Crippen molar-refractivity contribution in [1.82, 2.24) is 5.16 Å². The molecule has 0 aliphatic carbocycles. The third-order valence-corrected chi connectivity index (χ3v) is 1.49. The van der Waals surface area contributed by atoms with E-state index >= 15 is 0 Å². The zero-order valence-corrected chi connectivity index (χ0v) is 5.90. The van der Waals surface area contributed by atoms with Crippen LogP contribution in [0.1, 0.15) is 5.56 Å². The van der Waals surface area contributed by atoms with Crippen LogP contribution in [0.4, 0.5) is 0 Å². The van der Waals surface area contributed by atoms with Crippen molar-refractivity contribution in [2.24, 2.45) is 0 Å². The lowest BCUT2D eigenvalue weighted by Crippen LogP contribution is -1.96. The summed E-state index contributed by atoms with van der Waals surface area (Å²) in [6, 6.07) is 7.77. The molecule has 53 valence electrons. The van der Waals surface area contributed by atoms with Gasteiger partial charge in [0.2, 0.25) is 5.75 Å². The van der Waals surface area contributed by atoms with Crippen molar-refractivity contribution in [2.45, 2.75) is 0 Å². The first-order chi connectivity index (χ1) is 5.47. The van der Waals surface area contributed by atoms with Crippen LogP contribution in [-0.4, -0.2) is 6.21 Å². The van der Waals surface area contributed by atoms with E-state index in [1.165, 1.54) is 0 Å². The van der Waals surface area contributed by atoms with Gasteiger partial charge in [-0.05, 0) is 12.1 Å². The van der Waals surface area contributed by atoms with E-state index in [2.05, 4.69) is 5.16 Å². The van der Waals surface area contributed by atoms with Gasteiger partial charge in [0, 0.05) is 11.6 Å². The zero-order chi connectivity index (χ0) is 7.52. The Kier molecular flexibility index (Phi) is 1.44. The Hall–Kier alpha value is -1.57. The van der Waals surface area contributed by atoms with Crippen molar-refractivity contribution in [3.8, 4) is 5.75 Å². The maximum Gasteiger partial charge on any atom is 0.302 e. The number of oxime groups is 1. The van der Waals surface area contributed by atoms with Crippen molar-refractivity contribution in [3.05, 3.63) is 35.9 Å². The van der Waals surface area contributed by atoms with Crippen molar-refractivity contribution < 1.29 is 4.84 Å². The maximum absolute atomic E-state index is 5.06. The molecule has 1 radical (unpaired) electrons. The van der Waals surface area contributed by atoms with Crippen LogP contribution in [-0.2, 0) is 0 Å². The van der Waals surface area contributed by atoms with Crippen LogP contribution in [0.3, 0.4) is 0 Å². The summed E-state index contributed by atoms with van der Waals surface area (Å²) in [6.45, 7) is 0. The van der Waals surface area contributed by atoms with Crippen LogP contribution in [0.5, 0.6) is 5.75 Å². The van der Waals surface area contributed by atoms with Gasteiger partial charge >= 0.3 is 6.21 Å². The van der Waals surface area contributed by atoms with E-state index in [9.17, 15) is 0 Å². The van der Waals surface area contributed by atoms with E-state index in [0.29, 0.717) is 0 Å². The van der Waals surface area contributed by atoms with Crippen LogP contribution >= 0.6 is 0 Å². The summed E-state index contributed by atoms with van der Waals surface area (Å²) < 4.78 is 0. The summed E-state index contributed by atoms with van der Waals surface area (Å²) in [7, 11) is 0. The average Bonchev–Trinajstić information content (AvgIpc) is 2.28. The molecular formula is C9H7NO+. The Bertz CT molecular complexity index is 315. The molecule has 0 amide bonds. The molecule has 0 bridgehead atoms. The van der Waals surface area contributed by atoms with Crippen LogP contribution in [0.15, 0.2) is 30.3 Å². The third-order valence-electron chi connectivity index (χ3n) is 1.49. The number of para-hydroxylation sites is 1. The van der Waals surface area contributed by atoms with Gasteiger partial charge < -0.3 is 0 Å². The molecule has 2 nitrogen and oxygen atoms in total. The first-order valence-corrected chi connectivity index (χ1v) is 3.43. The van der Waals surface area contributed by atoms with Gasteiger partial charge in [0.25, 0.3) is 5.16 Å². The molecule has 0 saturated heterocycles. The van der Waals surface area contributed by atoms with Gasteiger partial charge in [-0.3, -0.25) is 0 Å². The number of fused-ring (bicyclic) bond motifs is 1. The second-order valence-electron chi connectivity index (χ2n) is 2.24. The topological polar surface area (TPSA) is 23.3 Å². The Balaban J connectivity index is 2.52. The van der Waals surface area contributed by atoms with E-state index in [4.69, 9.17) is 4.84 Å². The molecule has 2 rings (SSSR count). The Labute approximate surface area is 64.8 Å². The fourth-order valence-corrected chi connectivity index (χ4v) is 0.970. The first kappa shape index (κ1) is 6.16. The minimum Gasteiger partial charge on any atom is -0.171 e. The number of hydrogen-bond donors (Lipinski definition) is 0. The summed E-state index contributed by atoms with van der Waals surface area (Å²) in [4.78, 5) is 5.06. The number of rotatable bonds is 0. The van der Waals surface area contributed by atoms with Crippen LogP contribution in [0.2, 0.25) is 0 Å². The Morgan fingerprint density at radius 1 is 1.18 bits per heavy atom. The molecule has 0 atom stereocenters. The first-order valence-electron chi connectivity index (χ1n) is 3.43. The lowest BCUT2D eigenvalue weighted by atomic mass is 10.2. The van der Waals surface area contributed by atoms with Crippen molar-refractivity contribution in [2.75, 3.05) is 0 Å². The highest BCUT2D eigenvalue weighted by Gasteiger charge is 2.06. The SMILES string of the molecule is C1=Cc2ccccc2O[N+]=C1. The zero-order valence-electron chi connectivity index (χ0n) is 5.90. The molecule has 1 aromatic rings. The van der Waals surface area contributed by atoms with Gasteiger partial charge in [-0.2, -0.15) is 4.84 Å². The third kappa shape index (κ3) is 1.15. The van der Waals surface area contributed by atoms with Crippen molar-refractivity contribution >= 4 is 12.3 Å². The highest BCUT2D eigenvalue weighted by Crippen LogP contribution is 2.18. The predicted octanol–water partition coefficient (Wildman–Crippen LogP) is 1.41. The largest absolute Gasteiger partial charge is 0.302 e. The average molecular weight is 145 g/mol. The molecule has 1 aliphatic heterocycles. The molecule has 0 spiro atoms. The molecule has 0 N–H and O–H groups in total. The lowest BCUT2D eigenvalue weighted by molar-refractivity contribution is 0.284. The maximum atomic E-state index is 5.06. The standard InChI is InChI=1S/C9H7NO/c1-2-6-9-8(4-1)5-3-7-10-11-9/h1-7H/q+1. The molecule has 11 heavy (non-hydrogen) atoms. The van der Waals surface area contributed by atoms with Crippen LogP contribution in [0.25, 0.3) is 6.08 Å². The summed E-state index contributed by atoms with van der Waals surface area (Å²) in [5, 5.41) is 3.70. The molecule has 1 aliphatic rings. The normalized spacial score (nSPS) is 13.5. The number of hydrogen-bond acceptors (Lipinski definition) is 2. The predicted molar refractivity (Wildman–Crippen MR) is 44.3 cm³/mol. The quantitative estimate of drug-likeness (QED) is 0.541. The monoisotopic (exact) mass is 145 g/mol. The smallest absolute Gasteiger partial charge is 0.171 e. The fourth-order valence-electron chi connectivity index (χ4n) is 0.970. The molecule has 1 heterocycles. The van der Waals surface area contributed by atoms with E-state index in [0.717, 1.165) is 11.3 Å². The summed E-state index contributed by atoms with van der Waals surface area (Å²) in [5.74, 6) is 0.803. The molecule has 0 unspecified atom stereocenters. The fraction of sp³-hybridized carbons (Fsp3) is 0. The van der Waals surface area contributed by atoms with Gasteiger partial charge in [-0.1, -0.05) is 18.2 Å². The summed E-state index contributed by atoms with van der Waals surface area (Å²) >= 11 is 0. The van der Waals surface area contributed by atoms with Gasteiger partial charge in [0.1, 0.15) is 0 Å². The number of allylic oxidation sites excluding steroid dienone is 1. The minimum atomic E-state index is 0.803. The molecule has 1 aromatic carbocycles. The highest BCUT2D eigenvalue weighted by atomic mass is 16.6. The second-order valence-corrected chi connectivity index (χ2v) is 2.24. The van der Waals surface area contributed by atoms with E-state index < -0.39 is 0 Å². The molecule has 0 aromatic heterocycles. The lowest BCUT2D eigenvalue weighted by Gasteiger charge is -1.92. The van der Waals surface area contributed by atoms with Gasteiger partial charge in [0.05, 0.1) is 0 Å². The molecule has 2 heteroatoms. The van der Waals surface area contributed by atoms with Crippen molar-refractivity contribution in [3.63, 3.8) is 0 Å². The summed E-state index contributed by atoms with van der Waals surface area (Å²) in [6.07, 6.45) is 5.44. The molecular weight excluding hydrogens is 138 g/mol. The number of nitrogens with zero attached hydrogens (tertiary/aromatic N) is 1. The van der Waals surface area contributed by atoms with E-state index in [-0.39, 0.29) is 0 Å². The van der Waals surface area contributed by atoms with Crippen LogP contribution in [0, 0.1) is 0 Å². The van der Waals surface area contributed by atoms with Gasteiger partial charge in [-0.25, -0.2) is 0 Å². The van der Waals surface area contributed by atoms with Crippen LogP contribution < -0.4 is 9.99 Å². The molecule has 0 saturated carbocycles.